The quantitative estimate of drug-likeness (QED) is 0.784. The maximum Gasteiger partial charge on any atom is 0.276 e. The number of furan rings is 1. The minimum Gasteiger partial charge on any atom is -0.443 e. The Morgan fingerprint density at radius 1 is 1.35 bits per heavy atom. The lowest BCUT2D eigenvalue weighted by Gasteiger charge is -2.13. The molecule has 0 atom stereocenters. The van der Waals surface area contributed by atoms with Crippen molar-refractivity contribution in [3.8, 4) is 0 Å². The van der Waals surface area contributed by atoms with Crippen LogP contribution in [0, 0.1) is 0 Å². The predicted octanol–water partition coefficient (Wildman–Crippen LogP) is 1.37. The number of para-hydroxylation sites is 1. The number of sulfonamides is 1. The van der Waals surface area contributed by atoms with Crippen LogP contribution >= 0.6 is 0 Å². The van der Waals surface area contributed by atoms with E-state index in [0.29, 0.717) is 11.4 Å². The van der Waals surface area contributed by atoms with Gasteiger partial charge in [-0.25, -0.2) is 13.4 Å². The second kappa shape index (κ2) is 4.73. The molecule has 0 aliphatic carbocycles. The number of fused-ring (bicyclic) bond motifs is 1. The normalized spacial score (nSPS) is 12.3. The Hall–Kier alpha value is -2.19. The van der Waals surface area contributed by atoms with Crippen LogP contribution in [0.3, 0.4) is 0 Å². The molecule has 1 N–H and O–H groups in total. The summed E-state index contributed by atoms with van der Waals surface area (Å²) in [6.45, 7) is 0.0966. The Morgan fingerprint density at radius 3 is 2.85 bits per heavy atom. The van der Waals surface area contributed by atoms with Gasteiger partial charge in [0.1, 0.15) is 17.7 Å². The highest BCUT2D eigenvalue weighted by Gasteiger charge is 2.25. The van der Waals surface area contributed by atoms with Crippen molar-refractivity contribution in [3.05, 3.63) is 42.5 Å². The molecular formula is C12H12N4O3S. The molecule has 3 rings (SSSR count). The second-order valence-electron chi connectivity index (χ2n) is 4.30. The molecule has 104 valence electrons. The van der Waals surface area contributed by atoms with E-state index in [1.807, 2.05) is 6.07 Å². The minimum absolute atomic E-state index is 0.0827. The molecule has 2 aromatic heterocycles. The van der Waals surface area contributed by atoms with E-state index in [2.05, 4.69) is 15.2 Å². The van der Waals surface area contributed by atoms with Crippen LogP contribution in [-0.2, 0) is 16.6 Å². The fraction of sp³-hybridized carbons (Fsp3) is 0.167. The van der Waals surface area contributed by atoms with E-state index in [0.717, 1.165) is 9.69 Å². The first-order valence-corrected chi connectivity index (χ1v) is 7.30. The summed E-state index contributed by atoms with van der Waals surface area (Å²) < 4.78 is 31.4. The zero-order valence-electron chi connectivity index (χ0n) is 10.6. The lowest BCUT2D eigenvalue weighted by molar-refractivity contribution is 0.417. The molecule has 0 amide bonds. The third-order valence-corrected chi connectivity index (χ3v) is 4.56. The Kier molecular flexibility index (Phi) is 3.03. The molecular weight excluding hydrogens is 280 g/mol. The second-order valence-corrected chi connectivity index (χ2v) is 6.27. The highest BCUT2D eigenvalue weighted by Crippen LogP contribution is 2.24. The maximum atomic E-state index is 12.4. The van der Waals surface area contributed by atoms with Gasteiger partial charge in [-0.1, -0.05) is 18.2 Å². The molecule has 0 aliphatic rings. The Balaban J connectivity index is 1.94. The molecule has 0 spiro atoms. The Morgan fingerprint density at radius 2 is 2.15 bits per heavy atom. The number of aromatic amines is 1. The van der Waals surface area contributed by atoms with Gasteiger partial charge in [0.15, 0.2) is 0 Å². The molecule has 0 saturated heterocycles. The van der Waals surface area contributed by atoms with E-state index in [4.69, 9.17) is 4.42 Å². The summed E-state index contributed by atoms with van der Waals surface area (Å²) in [4.78, 5) is 3.90. The zero-order valence-corrected chi connectivity index (χ0v) is 11.5. The zero-order chi connectivity index (χ0) is 14.2. The highest BCUT2D eigenvalue weighted by molar-refractivity contribution is 7.89. The van der Waals surface area contributed by atoms with Gasteiger partial charge in [0.05, 0.1) is 6.54 Å². The van der Waals surface area contributed by atoms with Gasteiger partial charge in [0.2, 0.25) is 5.09 Å². The van der Waals surface area contributed by atoms with Crippen molar-refractivity contribution < 1.29 is 12.8 Å². The van der Waals surface area contributed by atoms with Crippen molar-refractivity contribution >= 4 is 21.0 Å². The SMILES string of the molecule is CN(Cc1ncn[nH]1)S(=O)(=O)c1cc2ccccc2o1. The average Bonchev–Trinajstić information content (AvgIpc) is 3.06. The number of rotatable bonds is 4. The number of aromatic nitrogens is 3. The topological polar surface area (TPSA) is 92.1 Å². The molecule has 7 nitrogen and oxygen atoms in total. The number of H-pyrrole nitrogens is 1. The molecule has 0 unspecified atom stereocenters. The molecule has 8 heteroatoms. The molecule has 2 heterocycles. The summed E-state index contributed by atoms with van der Waals surface area (Å²) >= 11 is 0. The summed E-state index contributed by atoms with van der Waals surface area (Å²) in [5.41, 5.74) is 0.541. The van der Waals surface area contributed by atoms with Crippen LogP contribution in [0.2, 0.25) is 0 Å². The van der Waals surface area contributed by atoms with Crippen molar-refractivity contribution in [2.75, 3.05) is 7.05 Å². The van der Waals surface area contributed by atoms with Crippen LogP contribution in [0.25, 0.3) is 11.0 Å². The Labute approximate surface area is 115 Å². The summed E-state index contributed by atoms with van der Waals surface area (Å²) in [6.07, 6.45) is 1.33. The van der Waals surface area contributed by atoms with Crippen LogP contribution < -0.4 is 0 Å². The van der Waals surface area contributed by atoms with E-state index in [-0.39, 0.29) is 11.6 Å². The fourth-order valence-corrected chi connectivity index (χ4v) is 2.91. The van der Waals surface area contributed by atoms with E-state index >= 15 is 0 Å². The predicted molar refractivity (Wildman–Crippen MR) is 71.2 cm³/mol. The van der Waals surface area contributed by atoms with E-state index < -0.39 is 10.0 Å². The third kappa shape index (κ3) is 2.19. The van der Waals surface area contributed by atoms with Crippen LogP contribution in [-0.4, -0.2) is 35.0 Å². The minimum atomic E-state index is -3.70. The largest absolute Gasteiger partial charge is 0.443 e. The van der Waals surface area contributed by atoms with Gasteiger partial charge in [-0.3, -0.25) is 5.10 Å². The van der Waals surface area contributed by atoms with Crippen molar-refractivity contribution in [3.63, 3.8) is 0 Å². The van der Waals surface area contributed by atoms with Gasteiger partial charge in [-0.2, -0.15) is 9.40 Å². The average molecular weight is 292 g/mol. The van der Waals surface area contributed by atoms with Gasteiger partial charge in [0.25, 0.3) is 10.0 Å². The van der Waals surface area contributed by atoms with E-state index in [1.54, 1.807) is 18.2 Å². The van der Waals surface area contributed by atoms with Crippen LogP contribution in [0.4, 0.5) is 0 Å². The molecule has 0 radical (unpaired) electrons. The van der Waals surface area contributed by atoms with Crippen molar-refractivity contribution in [1.29, 1.82) is 0 Å². The van der Waals surface area contributed by atoms with Crippen molar-refractivity contribution in [1.82, 2.24) is 19.5 Å². The van der Waals surface area contributed by atoms with E-state index in [1.165, 1.54) is 19.4 Å². The number of hydrogen-bond donors (Lipinski definition) is 1. The third-order valence-electron chi connectivity index (χ3n) is 2.90. The number of nitrogens with one attached hydrogen (secondary N) is 1. The first-order chi connectivity index (χ1) is 9.57. The number of benzene rings is 1. The highest BCUT2D eigenvalue weighted by atomic mass is 32.2. The van der Waals surface area contributed by atoms with Crippen LogP contribution in [0.15, 0.2) is 46.2 Å². The van der Waals surface area contributed by atoms with Crippen LogP contribution in [0.1, 0.15) is 5.82 Å². The number of hydrogen-bond acceptors (Lipinski definition) is 5. The molecule has 1 aromatic carbocycles. The lowest BCUT2D eigenvalue weighted by Crippen LogP contribution is -2.26. The smallest absolute Gasteiger partial charge is 0.276 e. The summed E-state index contributed by atoms with van der Waals surface area (Å²) in [5.74, 6) is 0.465. The fourth-order valence-electron chi connectivity index (χ4n) is 1.84. The number of nitrogens with zero attached hydrogens (tertiary/aromatic N) is 3. The Bertz CT molecular complexity index is 790. The van der Waals surface area contributed by atoms with Gasteiger partial charge in [0, 0.05) is 18.5 Å². The first-order valence-electron chi connectivity index (χ1n) is 5.86. The van der Waals surface area contributed by atoms with Gasteiger partial charge >= 0.3 is 0 Å². The maximum absolute atomic E-state index is 12.4. The summed E-state index contributed by atoms with van der Waals surface area (Å²) in [5, 5.41) is 6.97. The van der Waals surface area contributed by atoms with Crippen molar-refractivity contribution in [2.45, 2.75) is 11.6 Å². The monoisotopic (exact) mass is 292 g/mol. The molecule has 0 fully saturated rings. The standard InChI is InChI=1S/C12H12N4O3S/c1-16(7-11-13-8-14-15-11)20(17,18)12-6-9-4-2-3-5-10(9)19-12/h2-6,8H,7H2,1H3,(H,13,14,15). The van der Waals surface area contributed by atoms with Gasteiger partial charge in [-0.05, 0) is 6.07 Å². The van der Waals surface area contributed by atoms with Gasteiger partial charge in [-0.15, -0.1) is 0 Å². The molecule has 0 saturated carbocycles. The van der Waals surface area contributed by atoms with Crippen molar-refractivity contribution in [2.24, 2.45) is 0 Å². The summed E-state index contributed by atoms with van der Waals surface area (Å²) in [7, 11) is -2.23. The van der Waals surface area contributed by atoms with Gasteiger partial charge < -0.3 is 4.42 Å². The summed E-state index contributed by atoms with van der Waals surface area (Å²) in [6, 6.07) is 8.66. The van der Waals surface area contributed by atoms with Crippen LogP contribution in [0.5, 0.6) is 0 Å². The first kappa shape index (κ1) is 12.8. The molecule has 0 aliphatic heterocycles. The molecule has 0 bridgehead atoms. The van der Waals surface area contributed by atoms with E-state index in [9.17, 15) is 8.42 Å². The molecule has 3 aromatic rings. The molecule has 20 heavy (non-hydrogen) atoms. The lowest BCUT2D eigenvalue weighted by atomic mass is 10.3.